The van der Waals surface area contributed by atoms with Gasteiger partial charge in [-0.2, -0.15) is 0 Å². The Kier molecular flexibility index (Phi) is 2.11. The fraction of sp³-hybridized carbons (Fsp3) is 0.182. The van der Waals surface area contributed by atoms with Crippen LogP contribution >= 0.6 is 0 Å². The topological polar surface area (TPSA) is 57.2 Å². The number of aromatic nitrogens is 1. The second kappa shape index (κ2) is 3.31. The van der Waals surface area contributed by atoms with Crippen LogP contribution in [-0.4, -0.2) is 17.6 Å². The molecule has 0 bridgehead atoms. The smallest absolute Gasteiger partial charge is 0.342 e. The molecule has 15 heavy (non-hydrogen) atoms. The Morgan fingerprint density at radius 3 is 2.80 bits per heavy atom. The van der Waals surface area contributed by atoms with E-state index in [4.69, 9.17) is 10.5 Å². The molecule has 78 valence electrons. The molecule has 2 N–H and O–H groups in total. The van der Waals surface area contributed by atoms with E-state index in [0.717, 1.165) is 10.9 Å². The average molecular weight is 204 g/mol. The summed E-state index contributed by atoms with van der Waals surface area (Å²) in [4.78, 5) is 11.6. The van der Waals surface area contributed by atoms with Crippen LogP contribution < -0.4 is 5.73 Å². The minimum Gasteiger partial charge on any atom is -0.465 e. The van der Waals surface area contributed by atoms with Crippen molar-refractivity contribution in [3.63, 3.8) is 0 Å². The molecule has 0 radical (unpaired) electrons. The van der Waals surface area contributed by atoms with Crippen LogP contribution in [0.2, 0.25) is 0 Å². The second-order valence-corrected chi connectivity index (χ2v) is 3.39. The van der Waals surface area contributed by atoms with Crippen LogP contribution in [0.15, 0.2) is 24.4 Å². The minimum atomic E-state index is -0.403. The molecule has 2 aromatic rings. The van der Waals surface area contributed by atoms with Gasteiger partial charge in [-0.05, 0) is 12.1 Å². The number of carbonyl (C=O) groups excluding carboxylic acids is 1. The summed E-state index contributed by atoms with van der Waals surface area (Å²) in [7, 11) is 3.22. The molecule has 0 aliphatic heterocycles. The fourth-order valence-electron chi connectivity index (χ4n) is 1.72. The molecule has 4 nitrogen and oxygen atoms in total. The number of methoxy groups -OCH3 is 1. The Balaban J connectivity index is 2.84. The van der Waals surface area contributed by atoms with Crippen LogP contribution in [0.25, 0.3) is 10.9 Å². The molecule has 0 unspecified atom stereocenters. The van der Waals surface area contributed by atoms with Crippen LogP contribution in [0.5, 0.6) is 0 Å². The Morgan fingerprint density at radius 1 is 1.40 bits per heavy atom. The summed E-state index contributed by atoms with van der Waals surface area (Å²) >= 11 is 0. The van der Waals surface area contributed by atoms with E-state index in [0.29, 0.717) is 11.3 Å². The number of anilines is 1. The average Bonchev–Trinajstić information content (AvgIpc) is 2.60. The number of ether oxygens (including phenoxy) is 1. The number of nitrogens with two attached hydrogens (primary N) is 1. The van der Waals surface area contributed by atoms with Gasteiger partial charge in [0.25, 0.3) is 0 Å². The van der Waals surface area contributed by atoms with E-state index in [1.807, 2.05) is 29.9 Å². The zero-order valence-electron chi connectivity index (χ0n) is 8.65. The molecular formula is C11H12N2O2. The maximum Gasteiger partial charge on any atom is 0.342 e. The van der Waals surface area contributed by atoms with Gasteiger partial charge in [-0.3, -0.25) is 0 Å². The van der Waals surface area contributed by atoms with Crippen LogP contribution in [0.3, 0.4) is 0 Å². The summed E-state index contributed by atoms with van der Waals surface area (Å²) in [5.41, 5.74) is 7.46. The largest absolute Gasteiger partial charge is 0.465 e. The molecule has 1 aromatic heterocycles. The van der Waals surface area contributed by atoms with Crippen LogP contribution in [0.4, 0.5) is 5.69 Å². The van der Waals surface area contributed by atoms with E-state index in [2.05, 4.69) is 0 Å². The number of carbonyl (C=O) groups is 1. The zero-order valence-corrected chi connectivity index (χ0v) is 8.65. The third-order valence-corrected chi connectivity index (χ3v) is 2.46. The molecule has 0 fully saturated rings. The summed E-state index contributed by atoms with van der Waals surface area (Å²) in [5, 5.41) is 0.979. The number of esters is 1. The quantitative estimate of drug-likeness (QED) is 0.566. The van der Waals surface area contributed by atoms with Gasteiger partial charge in [-0.1, -0.05) is 6.07 Å². The number of hydrogen-bond acceptors (Lipinski definition) is 3. The normalized spacial score (nSPS) is 10.5. The lowest BCUT2D eigenvalue weighted by atomic mass is 10.1. The van der Waals surface area contributed by atoms with Gasteiger partial charge in [-0.25, -0.2) is 4.79 Å². The highest BCUT2D eigenvalue weighted by molar-refractivity contribution is 6.07. The van der Waals surface area contributed by atoms with Gasteiger partial charge in [0, 0.05) is 24.3 Å². The fourth-order valence-corrected chi connectivity index (χ4v) is 1.72. The first-order chi connectivity index (χ1) is 7.15. The van der Waals surface area contributed by atoms with Crippen molar-refractivity contribution in [2.24, 2.45) is 7.05 Å². The molecule has 0 aliphatic rings. The molecule has 0 saturated heterocycles. The number of benzene rings is 1. The van der Waals surface area contributed by atoms with Gasteiger partial charge >= 0.3 is 5.97 Å². The Hall–Kier alpha value is -1.97. The molecule has 1 aromatic carbocycles. The molecule has 0 amide bonds. The molecule has 0 saturated carbocycles. The van der Waals surface area contributed by atoms with E-state index in [9.17, 15) is 4.79 Å². The van der Waals surface area contributed by atoms with Crippen LogP contribution in [0, 0.1) is 0 Å². The maximum absolute atomic E-state index is 11.6. The van der Waals surface area contributed by atoms with E-state index in [1.54, 1.807) is 6.07 Å². The second-order valence-electron chi connectivity index (χ2n) is 3.39. The summed E-state index contributed by atoms with van der Waals surface area (Å²) < 4.78 is 6.58. The monoisotopic (exact) mass is 204 g/mol. The summed E-state index contributed by atoms with van der Waals surface area (Å²) in [6.45, 7) is 0. The highest BCUT2D eigenvalue weighted by Crippen LogP contribution is 2.25. The number of nitrogens with zero attached hydrogens (tertiary/aromatic N) is 1. The minimum absolute atomic E-state index is 0.403. The van der Waals surface area contributed by atoms with Crippen LogP contribution in [-0.2, 0) is 11.8 Å². The number of nitrogen functional groups attached to an aromatic ring is 1. The third kappa shape index (κ3) is 1.34. The van der Waals surface area contributed by atoms with Crippen LogP contribution in [0.1, 0.15) is 10.4 Å². The third-order valence-electron chi connectivity index (χ3n) is 2.46. The van der Waals surface area contributed by atoms with Gasteiger partial charge in [0.05, 0.1) is 12.6 Å². The number of aryl methyl sites for hydroxylation is 1. The Bertz CT molecular complexity index is 529. The predicted molar refractivity (Wildman–Crippen MR) is 58.7 cm³/mol. The molecule has 0 aliphatic carbocycles. The number of rotatable bonds is 1. The summed E-state index contributed by atoms with van der Waals surface area (Å²) in [6, 6.07) is 5.53. The molecule has 4 heteroatoms. The zero-order chi connectivity index (χ0) is 11.0. The lowest BCUT2D eigenvalue weighted by Gasteiger charge is -2.07. The highest BCUT2D eigenvalue weighted by atomic mass is 16.5. The van der Waals surface area contributed by atoms with Gasteiger partial charge < -0.3 is 15.0 Å². The maximum atomic E-state index is 11.6. The SMILES string of the molecule is COC(=O)c1c(N)ccc2ccn(C)c12. The number of hydrogen-bond donors (Lipinski definition) is 1. The predicted octanol–water partition coefficient (Wildman–Crippen LogP) is 1.55. The Labute approximate surface area is 87.2 Å². The van der Waals surface area contributed by atoms with Gasteiger partial charge in [0.15, 0.2) is 0 Å². The molecule has 0 atom stereocenters. The van der Waals surface area contributed by atoms with Crippen molar-refractivity contribution >= 4 is 22.6 Å². The lowest BCUT2D eigenvalue weighted by Crippen LogP contribution is -2.07. The number of fused-ring (bicyclic) bond motifs is 1. The van der Waals surface area contributed by atoms with Gasteiger partial charge in [0.1, 0.15) is 5.56 Å². The summed E-state index contributed by atoms with van der Waals surface area (Å²) in [5.74, 6) is -0.403. The summed E-state index contributed by atoms with van der Waals surface area (Å²) in [6.07, 6.45) is 1.89. The molecular weight excluding hydrogens is 192 g/mol. The first kappa shape index (κ1) is 9.58. The standard InChI is InChI=1S/C11H12N2O2/c1-13-6-5-7-3-4-8(12)9(10(7)13)11(14)15-2/h3-6H,12H2,1-2H3. The van der Waals surface area contributed by atoms with Crippen molar-refractivity contribution in [1.82, 2.24) is 4.57 Å². The molecule has 0 spiro atoms. The van der Waals surface area contributed by atoms with Crippen molar-refractivity contribution in [2.45, 2.75) is 0 Å². The van der Waals surface area contributed by atoms with E-state index in [1.165, 1.54) is 7.11 Å². The Morgan fingerprint density at radius 2 is 2.13 bits per heavy atom. The molecule has 1 heterocycles. The van der Waals surface area contributed by atoms with Crippen molar-refractivity contribution < 1.29 is 9.53 Å². The van der Waals surface area contributed by atoms with Crippen molar-refractivity contribution in [2.75, 3.05) is 12.8 Å². The van der Waals surface area contributed by atoms with Crippen molar-refractivity contribution in [1.29, 1.82) is 0 Å². The first-order valence-corrected chi connectivity index (χ1v) is 4.57. The highest BCUT2D eigenvalue weighted by Gasteiger charge is 2.16. The van der Waals surface area contributed by atoms with Crippen molar-refractivity contribution in [3.05, 3.63) is 30.0 Å². The lowest BCUT2D eigenvalue weighted by molar-refractivity contribution is 0.0603. The van der Waals surface area contributed by atoms with E-state index >= 15 is 0 Å². The van der Waals surface area contributed by atoms with Gasteiger partial charge in [0.2, 0.25) is 0 Å². The molecule has 2 rings (SSSR count). The van der Waals surface area contributed by atoms with E-state index < -0.39 is 5.97 Å². The van der Waals surface area contributed by atoms with E-state index in [-0.39, 0.29) is 0 Å². The first-order valence-electron chi connectivity index (χ1n) is 4.57. The van der Waals surface area contributed by atoms with Gasteiger partial charge in [-0.15, -0.1) is 0 Å². The van der Waals surface area contributed by atoms with Crippen molar-refractivity contribution in [3.8, 4) is 0 Å².